The van der Waals surface area contributed by atoms with Gasteiger partial charge >= 0.3 is 0 Å². The third-order valence-corrected chi connectivity index (χ3v) is 4.00. The maximum Gasteiger partial charge on any atom is 0.241 e. The third-order valence-electron chi connectivity index (χ3n) is 4.00. The topological polar surface area (TPSA) is 50.4 Å². The van der Waals surface area contributed by atoms with Crippen molar-refractivity contribution in [3.63, 3.8) is 0 Å². The largest absolute Gasteiger partial charge is 0.381 e. The van der Waals surface area contributed by atoms with Crippen LogP contribution in [0.2, 0.25) is 0 Å². The number of carbonyl (C=O) groups is 1. The number of nitrogens with one attached hydrogen (secondary N) is 2. The van der Waals surface area contributed by atoms with Crippen LogP contribution in [-0.2, 0) is 9.53 Å². The summed E-state index contributed by atoms with van der Waals surface area (Å²) in [5.74, 6) is 0.727. The van der Waals surface area contributed by atoms with Gasteiger partial charge in [-0.05, 0) is 51.2 Å². The van der Waals surface area contributed by atoms with Crippen molar-refractivity contribution in [1.82, 2.24) is 5.32 Å². The zero-order valence-electron chi connectivity index (χ0n) is 13.0. The van der Waals surface area contributed by atoms with E-state index in [1.165, 1.54) is 0 Å². The van der Waals surface area contributed by atoms with Crippen LogP contribution < -0.4 is 10.6 Å². The first-order valence-corrected chi connectivity index (χ1v) is 7.85. The van der Waals surface area contributed by atoms with Crippen molar-refractivity contribution in [3.8, 4) is 0 Å². The fourth-order valence-corrected chi connectivity index (χ4v) is 2.82. The highest BCUT2D eigenvalue weighted by atomic mass is 16.5. The quantitative estimate of drug-likeness (QED) is 0.847. The van der Waals surface area contributed by atoms with Gasteiger partial charge in [0.15, 0.2) is 0 Å². The lowest BCUT2D eigenvalue weighted by atomic mass is 9.93. The molecule has 116 valence electrons. The van der Waals surface area contributed by atoms with Crippen molar-refractivity contribution >= 4 is 11.6 Å². The highest BCUT2D eigenvalue weighted by Crippen LogP contribution is 2.20. The van der Waals surface area contributed by atoms with E-state index in [1.54, 1.807) is 0 Å². The lowest BCUT2D eigenvalue weighted by molar-refractivity contribution is -0.118. The monoisotopic (exact) mass is 290 g/mol. The van der Waals surface area contributed by atoms with Gasteiger partial charge in [-0.15, -0.1) is 0 Å². The van der Waals surface area contributed by atoms with Gasteiger partial charge in [0.2, 0.25) is 5.91 Å². The summed E-state index contributed by atoms with van der Waals surface area (Å²) in [5.41, 5.74) is 0.841. The number of benzene rings is 1. The van der Waals surface area contributed by atoms with E-state index in [2.05, 4.69) is 17.6 Å². The molecule has 0 radical (unpaired) electrons. The lowest BCUT2D eigenvalue weighted by Gasteiger charge is -2.27. The molecule has 0 aromatic heterocycles. The number of hydrogen-bond acceptors (Lipinski definition) is 3. The van der Waals surface area contributed by atoms with Crippen LogP contribution in [0.1, 0.15) is 33.1 Å². The predicted octanol–water partition coefficient (Wildman–Crippen LogP) is 2.81. The Morgan fingerprint density at radius 2 is 1.90 bits per heavy atom. The minimum Gasteiger partial charge on any atom is -0.381 e. The van der Waals surface area contributed by atoms with Crippen molar-refractivity contribution in [2.45, 2.75) is 45.2 Å². The standard InChI is InChI=1S/C17H26N2O2/c1-13(12-15-8-10-21-11-9-15)18-14(2)17(20)19-16-6-4-3-5-7-16/h3-7,13-15,18H,8-12H2,1-2H3,(H,19,20)/t13-,14-/m0/s1. The molecule has 2 atom stereocenters. The van der Waals surface area contributed by atoms with Crippen LogP contribution >= 0.6 is 0 Å². The summed E-state index contributed by atoms with van der Waals surface area (Å²) in [6.45, 7) is 5.82. The Morgan fingerprint density at radius 1 is 1.24 bits per heavy atom. The molecule has 2 N–H and O–H groups in total. The van der Waals surface area contributed by atoms with Gasteiger partial charge in [-0.25, -0.2) is 0 Å². The Balaban J connectivity index is 1.74. The fourth-order valence-electron chi connectivity index (χ4n) is 2.82. The summed E-state index contributed by atoms with van der Waals surface area (Å²) in [5, 5.41) is 6.32. The van der Waals surface area contributed by atoms with Crippen LogP contribution in [0.4, 0.5) is 5.69 Å². The Morgan fingerprint density at radius 3 is 2.57 bits per heavy atom. The number of para-hydroxylation sites is 1. The van der Waals surface area contributed by atoms with E-state index in [-0.39, 0.29) is 11.9 Å². The Kier molecular flexibility index (Phi) is 6.21. The summed E-state index contributed by atoms with van der Waals surface area (Å²) in [4.78, 5) is 12.1. The number of amides is 1. The van der Waals surface area contributed by atoms with E-state index in [0.717, 1.165) is 38.2 Å². The molecular weight excluding hydrogens is 264 g/mol. The highest BCUT2D eigenvalue weighted by molar-refractivity contribution is 5.94. The number of hydrogen-bond donors (Lipinski definition) is 2. The SMILES string of the molecule is C[C@H](N[C@@H](C)CC1CCOCC1)C(=O)Nc1ccccc1. The molecule has 1 aliphatic heterocycles. The minimum absolute atomic E-state index is 0.0139. The molecule has 0 spiro atoms. The van der Waals surface area contributed by atoms with Crippen molar-refractivity contribution in [2.75, 3.05) is 18.5 Å². The lowest BCUT2D eigenvalue weighted by Crippen LogP contribution is -2.43. The van der Waals surface area contributed by atoms with Crippen LogP contribution in [-0.4, -0.2) is 31.2 Å². The summed E-state index contributed by atoms with van der Waals surface area (Å²) in [6, 6.07) is 9.72. The van der Waals surface area contributed by atoms with Crippen LogP contribution in [0, 0.1) is 5.92 Å². The summed E-state index contributed by atoms with van der Waals surface area (Å²) in [6.07, 6.45) is 3.37. The predicted molar refractivity (Wildman–Crippen MR) is 85.3 cm³/mol. The fraction of sp³-hybridized carbons (Fsp3) is 0.588. The molecule has 0 bridgehead atoms. The number of anilines is 1. The molecule has 1 amide bonds. The van der Waals surface area contributed by atoms with Crippen LogP contribution in [0.25, 0.3) is 0 Å². The summed E-state index contributed by atoms with van der Waals surface area (Å²) in [7, 11) is 0. The maximum atomic E-state index is 12.1. The average molecular weight is 290 g/mol. The van der Waals surface area contributed by atoms with E-state index < -0.39 is 0 Å². The smallest absolute Gasteiger partial charge is 0.241 e. The van der Waals surface area contributed by atoms with E-state index >= 15 is 0 Å². The molecule has 2 rings (SSSR count). The molecule has 1 saturated heterocycles. The van der Waals surface area contributed by atoms with Crippen molar-refractivity contribution in [3.05, 3.63) is 30.3 Å². The maximum absolute atomic E-state index is 12.1. The van der Waals surface area contributed by atoms with Gasteiger partial charge in [0, 0.05) is 24.9 Å². The molecular formula is C17H26N2O2. The minimum atomic E-state index is -0.194. The van der Waals surface area contributed by atoms with Gasteiger partial charge in [-0.2, -0.15) is 0 Å². The molecule has 1 fully saturated rings. The Hall–Kier alpha value is -1.39. The first-order chi connectivity index (χ1) is 10.1. The van der Waals surface area contributed by atoms with E-state index in [0.29, 0.717) is 12.0 Å². The van der Waals surface area contributed by atoms with Crippen molar-refractivity contribution in [1.29, 1.82) is 0 Å². The zero-order valence-corrected chi connectivity index (χ0v) is 13.0. The molecule has 4 nitrogen and oxygen atoms in total. The van der Waals surface area contributed by atoms with Crippen LogP contribution in [0.3, 0.4) is 0 Å². The molecule has 0 aliphatic carbocycles. The van der Waals surface area contributed by atoms with Gasteiger partial charge in [0.1, 0.15) is 0 Å². The molecule has 1 heterocycles. The van der Waals surface area contributed by atoms with E-state index in [1.807, 2.05) is 37.3 Å². The first-order valence-electron chi connectivity index (χ1n) is 7.85. The van der Waals surface area contributed by atoms with Gasteiger partial charge in [0.25, 0.3) is 0 Å². The molecule has 0 unspecified atom stereocenters. The normalized spacial score (nSPS) is 19.0. The third kappa shape index (κ3) is 5.48. The second kappa shape index (κ2) is 8.15. The van der Waals surface area contributed by atoms with Gasteiger partial charge < -0.3 is 15.4 Å². The second-order valence-electron chi connectivity index (χ2n) is 5.94. The van der Waals surface area contributed by atoms with Crippen molar-refractivity contribution < 1.29 is 9.53 Å². The molecule has 1 aromatic carbocycles. The van der Waals surface area contributed by atoms with Crippen LogP contribution in [0.15, 0.2) is 30.3 Å². The highest BCUT2D eigenvalue weighted by Gasteiger charge is 2.20. The van der Waals surface area contributed by atoms with E-state index in [9.17, 15) is 4.79 Å². The molecule has 21 heavy (non-hydrogen) atoms. The number of carbonyl (C=O) groups excluding carboxylic acids is 1. The van der Waals surface area contributed by atoms with Crippen molar-refractivity contribution in [2.24, 2.45) is 5.92 Å². The molecule has 4 heteroatoms. The number of ether oxygens (including phenoxy) is 1. The zero-order chi connectivity index (χ0) is 15.1. The van der Waals surface area contributed by atoms with Gasteiger partial charge in [-0.3, -0.25) is 4.79 Å². The Labute approximate surface area is 127 Å². The Bertz CT molecular complexity index is 430. The summed E-state index contributed by atoms with van der Waals surface area (Å²) < 4.78 is 5.38. The van der Waals surface area contributed by atoms with E-state index in [4.69, 9.17) is 4.74 Å². The molecule has 0 saturated carbocycles. The molecule has 1 aliphatic rings. The summed E-state index contributed by atoms with van der Waals surface area (Å²) >= 11 is 0. The average Bonchev–Trinajstić information content (AvgIpc) is 2.49. The van der Waals surface area contributed by atoms with Gasteiger partial charge in [-0.1, -0.05) is 18.2 Å². The second-order valence-corrected chi connectivity index (χ2v) is 5.94. The number of rotatable bonds is 6. The van der Waals surface area contributed by atoms with Gasteiger partial charge in [0.05, 0.1) is 6.04 Å². The molecule has 1 aromatic rings. The van der Waals surface area contributed by atoms with Crippen LogP contribution in [0.5, 0.6) is 0 Å². The first kappa shape index (κ1) is 16.0.